The van der Waals surface area contributed by atoms with Crippen LogP contribution in [0.5, 0.6) is 0 Å². The first-order valence-electron chi connectivity index (χ1n) is 3.72. The lowest BCUT2D eigenvalue weighted by molar-refractivity contribution is 0.1000. The van der Waals surface area contributed by atoms with Crippen molar-refractivity contribution >= 4 is 21.8 Å². The molecular weight excluding hydrogens is 234 g/mol. The van der Waals surface area contributed by atoms with Gasteiger partial charge in [-0.15, -0.1) is 0 Å². The molecule has 0 atom stereocenters. The van der Waals surface area contributed by atoms with Crippen molar-refractivity contribution in [2.45, 2.75) is 6.61 Å². The van der Waals surface area contributed by atoms with Gasteiger partial charge in [0.25, 0.3) is 0 Å². The molecule has 1 aromatic rings. The Kier molecular flexibility index (Phi) is 3.45. The minimum Gasteiger partial charge on any atom is -0.380 e. The maximum Gasteiger partial charge on any atom is 0.248 e. The van der Waals surface area contributed by atoms with Crippen LogP contribution in [0.2, 0.25) is 0 Å². The van der Waals surface area contributed by atoms with Crippen LogP contribution in [0.3, 0.4) is 0 Å². The van der Waals surface area contributed by atoms with Gasteiger partial charge < -0.3 is 10.5 Å². The zero-order valence-electron chi connectivity index (χ0n) is 7.21. The molecule has 1 rings (SSSR count). The van der Waals surface area contributed by atoms with Gasteiger partial charge in [-0.05, 0) is 23.8 Å². The van der Waals surface area contributed by atoms with E-state index in [0.717, 1.165) is 10.0 Å². The summed E-state index contributed by atoms with van der Waals surface area (Å²) < 4.78 is 5.88. The normalized spacial score (nSPS) is 10.0. The first-order valence-corrected chi connectivity index (χ1v) is 4.51. The van der Waals surface area contributed by atoms with Crippen molar-refractivity contribution in [1.29, 1.82) is 0 Å². The molecule has 4 heteroatoms. The molecule has 1 aromatic carbocycles. The molecule has 0 bridgehead atoms. The third kappa shape index (κ3) is 2.54. The lowest BCUT2D eigenvalue weighted by Crippen LogP contribution is -2.11. The van der Waals surface area contributed by atoms with Crippen LogP contribution in [0.25, 0.3) is 0 Å². The summed E-state index contributed by atoms with van der Waals surface area (Å²) >= 11 is 3.35. The number of nitrogens with two attached hydrogens (primary N) is 1. The Labute approximate surface area is 85.0 Å². The number of methoxy groups -OCH3 is 1. The molecule has 3 nitrogen and oxygen atoms in total. The molecule has 0 spiro atoms. The number of carbonyl (C=O) groups is 1. The molecule has 0 heterocycles. The predicted octanol–water partition coefficient (Wildman–Crippen LogP) is 1.69. The van der Waals surface area contributed by atoms with E-state index < -0.39 is 5.91 Å². The smallest absolute Gasteiger partial charge is 0.248 e. The number of amides is 1. The average Bonchev–Trinajstić information content (AvgIpc) is 2.08. The van der Waals surface area contributed by atoms with Crippen LogP contribution in [0.1, 0.15) is 15.9 Å². The van der Waals surface area contributed by atoms with E-state index in [0.29, 0.717) is 12.2 Å². The van der Waals surface area contributed by atoms with Crippen molar-refractivity contribution in [2.75, 3.05) is 7.11 Å². The molecule has 0 aromatic heterocycles. The van der Waals surface area contributed by atoms with Gasteiger partial charge in [0.1, 0.15) is 0 Å². The monoisotopic (exact) mass is 243 g/mol. The fourth-order valence-corrected chi connectivity index (χ4v) is 1.36. The Balaban J connectivity index is 3.03. The molecule has 0 fully saturated rings. The topological polar surface area (TPSA) is 52.3 Å². The van der Waals surface area contributed by atoms with Crippen LogP contribution in [-0.2, 0) is 11.3 Å². The zero-order valence-corrected chi connectivity index (χ0v) is 8.80. The molecule has 0 aliphatic carbocycles. The van der Waals surface area contributed by atoms with Gasteiger partial charge in [0.05, 0.1) is 6.61 Å². The molecule has 13 heavy (non-hydrogen) atoms. The van der Waals surface area contributed by atoms with Gasteiger partial charge >= 0.3 is 0 Å². The third-order valence-corrected chi connectivity index (χ3v) is 2.40. The van der Waals surface area contributed by atoms with E-state index in [1.807, 2.05) is 0 Å². The lowest BCUT2D eigenvalue weighted by atomic mass is 10.1. The Hall–Kier alpha value is -0.870. The Morgan fingerprint density at radius 1 is 1.62 bits per heavy atom. The van der Waals surface area contributed by atoms with E-state index in [2.05, 4.69) is 15.9 Å². The third-order valence-electron chi connectivity index (χ3n) is 1.63. The summed E-state index contributed by atoms with van der Waals surface area (Å²) in [6, 6.07) is 5.18. The summed E-state index contributed by atoms with van der Waals surface area (Å²) in [6.45, 7) is 0.460. The Bertz CT molecular complexity index is 325. The lowest BCUT2D eigenvalue weighted by Gasteiger charge is -2.04. The fraction of sp³-hybridized carbons (Fsp3) is 0.222. The standard InChI is InChI=1S/C9H10BrNO2/c1-13-5-7-4-6(9(11)12)2-3-8(7)10/h2-4H,5H2,1H3,(H2,11,12). The highest BCUT2D eigenvalue weighted by Crippen LogP contribution is 2.18. The summed E-state index contributed by atoms with van der Waals surface area (Å²) in [5.41, 5.74) is 6.54. The minimum absolute atomic E-state index is 0.426. The van der Waals surface area contributed by atoms with Crippen LogP contribution in [0.4, 0.5) is 0 Å². The zero-order chi connectivity index (χ0) is 9.84. The average molecular weight is 244 g/mol. The van der Waals surface area contributed by atoms with E-state index in [1.54, 1.807) is 25.3 Å². The quantitative estimate of drug-likeness (QED) is 0.879. The van der Waals surface area contributed by atoms with Crippen molar-refractivity contribution in [1.82, 2.24) is 0 Å². The molecule has 0 unspecified atom stereocenters. The van der Waals surface area contributed by atoms with E-state index >= 15 is 0 Å². The van der Waals surface area contributed by atoms with Crippen molar-refractivity contribution < 1.29 is 9.53 Å². The number of benzene rings is 1. The van der Waals surface area contributed by atoms with Gasteiger partial charge in [0.15, 0.2) is 0 Å². The summed E-state index contributed by atoms with van der Waals surface area (Å²) in [4.78, 5) is 10.8. The number of rotatable bonds is 3. The molecule has 70 valence electrons. The van der Waals surface area contributed by atoms with Crippen LogP contribution in [0, 0.1) is 0 Å². The molecular formula is C9H10BrNO2. The van der Waals surface area contributed by atoms with Crippen molar-refractivity contribution in [2.24, 2.45) is 5.73 Å². The number of halogens is 1. The number of hydrogen-bond donors (Lipinski definition) is 1. The van der Waals surface area contributed by atoms with Gasteiger partial charge in [0, 0.05) is 17.1 Å². The summed E-state index contributed by atoms with van der Waals surface area (Å²) in [5.74, 6) is -0.426. The second-order valence-electron chi connectivity index (χ2n) is 2.60. The van der Waals surface area contributed by atoms with Crippen molar-refractivity contribution in [3.8, 4) is 0 Å². The minimum atomic E-state index is -0.426. The van der Waals surface area contributed by atoms with E-state index in [-0.39, 0.29) is 0 Å². The number of primary amides is 1. The molecule has 0 saturated heterocycles. The van der Waals surface area contributed by atoms with Crippen molar-refractivity contribution in [3.05, 3.63) is 33.8 Å². The highest BCUT2D eigenvalue weighted by molar-refractivity contribution is 9.10. The Morgan fingerprint density at radius 3 is 2.85 bits per heavy atom. The summed E-state index contributed by atoms with van der Waals surface area (Å²) in [7, 11) is 1.60. The van der Waals surface area contributed by atoms with Gasteiger partial charge in [-0.1, -0.05) is 15.9 Å². The highest BCUT2D eigenvalue weighted by Gasteiger charge is 2.04. The van der Waals surface area contributed by atoms with Gasteiger partial charge in [-0.3, -0.25) is 4.79 Å². The maximum absolute atomic E-state index is 10.8. The SMILES string of the molecule is COCc1cc(C(N)=O)ccc1Br. The molecule has 0 saturated carbocycles. The van der Waals surface area contributed by atoms with Crippen LogP contribution >= 0.6 is 15.9 Å². The maximum atomic E-state index is 10.8. The molecule has 0 aliphatic rings. The summed E-state index contributed by atoms with van der Waals surface area (Å²) in [5, 5.41) is 0. The van der Waals surface area contributed by atoms with Crippen LogP contribution < -0.4 is 5.73 Å². The number of hydrogen-bond acceptors (Lipinski definition) is 2. The number of ether oxygens (including phenoxy) is 1. The Morgan fingerprint density at radius 2 is 2.31 bits per heavy atom. The highest BCUT2D eigenvalue weighted by atomic mass is 79.9. The van der Waals surface area contributed by atoms with Gasteiger partial charge in [-0.25, -0.2) is 0 Å². The van der Waals surface area contributed by atoms with E-state index in [1.165, 1.54) is 0 Å². The molecule has 0 aliphatic heterocycles. The molecule has 1 amide bonds. The van der Waals surface area contributed by atoms with Crippen LogP contribution in [-0.4, -0.2) is 13.0 Å². The first kappa shape index (κ1) is 10.2. The second kappa shape index (κ2) is 4.39. The van der Waals surface area contributed by atoms with E-state index in [9.17, 15) is 4.79 Å². The largest absolute Gasteiger partial charge is 0.380 e. The van der Waals surface area contributed by atoms with Crippen molar-refractivity contribution in [3.63, 3.8) is 0 Å². The molecule has 0 radical (unpaired) electrons. The second-order valence-corrected chi connectivity index (χ2v) is 3.46. The predicted molar refractivity (Wildman–Crippen MR) is 53.4 cm³/mol. The van der Waals surface area contributed by atoms with Gasteiger partial charge in [-0.2, -0.15) is 0 Å². The summed E-state index contributed by atoms with van der Waals surface area (Å²) in [6.07, 6.45) is 0. The van der Waals surface area contributed by atoms with Crippen LogP contribution in [0.15, 0.2) is 22.7 Å². The van der Waals surface area contributed by atoms with E-state index in [4.69, 9.17) is 10.5 Å². The first-order chi connectivity index (χ1) is 6.15. The molecule has 2 N–H and O–H groups in total. The van der Waals surface area contributed by atoms with Gasteiger partial charge in [0.2, 0.25) is 5.91 Å². The number of carbonyl (C=O) groups excluding carboxylic acids is 1. The fourth-order valence-electron chi connectivity index (χ4n) is 0.994.